The van der Waals surface area contributed by atoms with Crippen LogP contribution in [0.25, 0.3) is 0 Å². The molecule has 10 nitrogen and oxygen atoms in total. The first-order chi connectivity index (χ1) is 15.0. The molecule has 1 aromatic heterocycles. The van der Waals surface area contributed by atoms with Crippen LogP contribution in [0.5, 0.6) is 0 Å². The monoisotopic (exact) mass is 460 g/mol. The Kier molecular flexibility index (Phi) is 6.30. The first-order valence-electron chi connectivity index (χ1n) is 9.40. The minimum atomic E-state index is -1.15. The highest BCUT2D eigenvalue weighted by Gasteiger charge is 2.54. The predicted octanol–water partition coefficient (Wildman–Crippen LogP) is 0.477. The third kappa shape index (κ3) is 4.31. The molecular formula is C19H20N6O4S2. The molecule has 2 amide bonds. The number of H-pyrrole nitrogens is 1. The van der Waals surface area contributed by atoms with Gasteiger partial charge in [0.15, 0.2) is 0 Å². The van der Waals surface area contributed by atoms with Gasteiger partial charge in [-0.1, -0.05) is 30.3 Å². The van der Waals surface area contributed by atoms with Crippen molar-refractivity contribution in [2.24, 2.45) is 5.73 Å². The van der Waals surface area contributed by atoms with E-state index in [0.717, 1.165) is 5.69 Å². The number of carbonyl (C=O) groups is 3. The normalized spacial score (nSPS) is 21.3. The van der Waals surface area contributed by atoms with E-state index in [-0.39, 0.29) is 5.70 Å². The zero-order valence-electron chi connectivity index (χ0n) is 16.2. The summed E-state index contributed by atoms with van der Waals surface area (Å²) in [5.41, 5.74) is 8.08. The Morgan fingerprint density at radius 2 is 2.13 bits per heavy atom. The molecule has 2 unspecified atom stereocenters. The molecule has 1 fully saturated rings. The number of rotatable bonds is 8. The Morgan fingerprint density at radius 1 is 1.35 bits per heavy atom. The molecule has 162 valence electrons. The number of benzene rings is 1. The molecule has 2 aliphatic rings. The summed E-state index contributed by atoms with van der Waals surface area (Å²) in [6.45, 7) is 0. The van der Waals surface area contributed by atoms with Crippen molar-refractivity contribution in [1.29, 1.82) is 0 Å². The number of aromatic nitrogens is 3. The number of β-lactam (4-membered cyclic amide) rings is 1. The van der Waals surface area contributed by atoms with Crippen molar-refractivity contribution in [3.8, 4) is 0 Å². The van der Waals surface area contributed by atoms with Crippen molar-refractivity contribution in [2.45, 2.75) is 23.2 Å². The number of hydrogen-bond donors (Lipinski definition) is 4. The van der Waals surface area contributed by atoms with Gasteiger partial charge in [0.05, 0.1) is 11.9 Å². The number of nitrogens with one attached hydrogen (secondary N) is 2. The molecule has 1 saturated heterocycles. The van der Waals surface area contributed by atoms with Crippen LogP contribution >= 0.6 is 23.5 Å². The molecule has 4 rings (SSSR count). The number of aromatic amines is 1. The van der Waals surface area contributed by atoms with Crippen LogP contribution in [0.1, 0.15) is 17.3 Å². The van der Waals surface area contributed by atoms with Crippen LogP contribution < -0.4 is 11.1 Å². The molecule has 3 heterocycles. The number of nitrogens with zero attached hydrogens (tertiary/aromatic N) is 3. The lowest BCUT2D eigenvalue weighted by molar-refractivity contribution is -0.150. The second kappa shape index (κ2) is 9.12. The Morgan fingerprint density at radius 3 is 2.81 bits per heavy atom. The highest BCUT2D eigenvalue weighted by molar-refractivity contribution is 8.00. The molecule has 0 spiro atoms. The van der Waals surface area contributed by atoms with Crippen LogP contribution in [0.4, 0.5) is 0 Å². The van der Waals surface area contributed by atoms with Crippen molar-refractivity contribution in [3.63, 3.8) is 0 Å². The smallest absolute Gasteiger partial charge is 0.352 e. The second-order valence-corrected chi connectivity index (χ2v) is 9.09. The Labute approximate surface area is 186 Å². The van der Waals surface area contributed by atoms with Gasteiger partial charge in [0, 0.05) is 17.3 Å². The molecule has 12 heteroatoms. The number of amides is 2. The number of fused-ring (bicyclic) bond motifs is 1. The fourth-order valence-electron chi connectivity index (χ4n) is 3.42. The topological polar surface area (TPSA) is 154 Å². The van der Waals surface area contributed by atoms with Crippen LogP contribution in [-0.4, -0.2) is 66.1 Å². The lowest BCUT2D eigenvalue weighted by Crippen LogP contribution is -2.71. The van der Waals surface area contributed by atoms with Crippen molar-refractivity contribution in [3.05, 3.63) is 59.1 Å². The van der Waals surface area contributed by atoms with Gasteiger partial charge < -0.3 is 16.2 Å². The molecule has 5 N–H and O–H groups in total. The summed E-state index contributed by atoms with van der Waals surface area (Å²) in [7, 11) is 0. The zero-order chi connectivity index (χ0) is 22.0. The summed E-state index contributed by atoms with van der Waals surface area (Å²) in [6, 6.07) is 7.15. The minimum absolute atomic E-state index is 0.000686. The van der Waals surface area contributed by atoms with E-state index in [2.05, 4.69) is 20.7 Å². The highest BCUT2D eigenvalue weighted by Crippen LogP contribution is 2.41. The quantitative estimate of drug-likeness (QED) is 0.412. The van der Waals surface area contributed by atoms with E-state index in [9.17, 15) is 19.5 Å². The fraction of sp³-hybridized carbons (Fsp3) is 0.316. The van der Waals surface area contributed by atoms with Gasteiger partial charge in [-0.25, -0.2) is 4.79 Å². The molecule has 2 aliphatic heterocycles. The van der Waals surface area contributed by atoms with E-state index in [1.54, 1.807) is 30.5 Å². The summed E-state index contributed by atoms with van der Waals surface area (Å²) in [5.74, 6) is -0.582. The number of aliphatic carboxylic acids is 1. The third-order valence-corrected chi connectivity index (χ3v) is 7.37. The highest BCUT2D eigenvalue weighted by atomic mass is 32.2. The number of hydrogen-bond acceptors (Lipinski definition) is 8. The maximum Gasteiger partial charge on any atom is 0.352 e. The van der Waals surface area contributed by atoms with E-state index >= 15 is 0 Å². The molecule has 31 heavy (non-hydrogen) atoms. The predicted molar refractivity (Wildman–Crippen MR) is 116 cm³/mol. The maximum atomic E-state index is 12.7. The molecular weight excluding hydrogens is 440 g/mol. The van der Waals surface area contributed by atoms with E-state index in [1.165, 1.54) is 28.4 Å². The van der Waals surface area contributed by atoms with Gasteiger partial charge in [0.1, 0.15) is 23.2 Å². The van der Waals surface area contributed by atoms with E-state index in [1.807, 2.05) is 6.07 Å². The second-order valence-electron chi connectivity index (χ2n) is 7.00. The minimum Gasteiger partial charge on any atom is -0.477 e. The average molecular weight is 461 g/mol. The van der Waals surface area contributed by atoms with Crippen molar-refractivity contribution >= 4 is 41.3 Å². The summed E-state index contributed by atoms with van der Waals surface area (Å²) < 4.78 is 0. The standard InChI is InChI=1S/C19H20N6O4S2/c20-13(10-4-2-1-3-5-10)16(26)22-14-17(27)25-15(19(28)29)11(8-31-18(14)25)7-30-9-12-6-21-24-23-12/h1-6,13-14,18H,7-9,20H2,(H,22,26)(H,28,29)(H,21,23,24)/t13?,14?,18-/m1/s1. The third-order valence-electron chi connectivity index (χ3n) is 4.98. The Bertz CT molecular complexity index is 1010. The van der Waals surface area contributed by atoms with E-state index in [0.29, 0.717) is 28.4 Å². The summed E-state index contributed by atoms with van der Waals surface area (Å²) in [4.78, 5) is 38.5. The Balaban J connectivity index is 1.42. The van der Waals surface area contributed by atoms with E-state index in [4.69, 9.17) is 5.73 Å². The lowest BCUT2D eigenvalue weighted by atomic mass is 10.0. The maximum absolute atomic E-state index is 12.7. The summed E-state index contributed by atoms with van der Waals surface area (Å²) in [5, 5.41) is 22.2. The molecule has 0 aliphatic carbocycles. The molecule has 0 bridgehead atoms. The van der Waals surface area contributed by atoms with Gasteiger partial charge in [-0.15, -0.1) is 11.8 Å². The lowest BCUT2D eigenvalue weighted by Gasteiger charge is -2.49. The fourth-order valence-corrected chi connectivity index (χ4v) is 5.83. The molecule has 2 aromatic rings. The molecule has 3 atom stereocenters. The Hall–Kier alpha value is -2.83. The zero-order valence-corrected chi connectivity index (χ0v) is 17.9. The molecule has 0 radical (unpaired) electrons. The van der Waals surface area contributed by atoms with Gasteiger partial charge in [-0.3, -0.25) is 14.5 Å². The SMILES string of the molecule is NC(C(=O)NC1C(=O)N2C(C(=O)O)=C(CSCc3cn[nH]n3)CS[C@H]12)c1ccccc1. The molecule has 1 aromatic carbocycles. The number of carbonyl (C=O) groups excluding carboxylic acids is 2. The van der Waals surface area contributed by atoms with Gasteiger partial charge >= 0.3 is 5.97 Å². The van der Waals surface area contributed by atoms with Crippen LogP contribution in [0, 0.1) is 0 Å². The van der Waals surface area contributed by atoms with Gasteiger partial charge in [-0.2, -0.15) is 27.2 Å². The summed E-state index contributed by atoms with van der Waals surface area (Å²) in [6.07, 6.45) is 1.61. The molecule has 0 saturated carbocycles. The summed E-state index contributed by atoms with van der Waals surface area (Å²) >= 11 is 2.93. The van der Waals surface area contributed by atoms with Crippen LogP contribution in [0.15, 0.2) is 47.8 Å². The van der Waals surface area contributed by atoms with Gasteiger partial charge in [0.25, 0.3) is 5.91 Å². The van der Waals surface area contributed by atoms with Crippen LogP contribution in [0.3, 0.4) is 0 Å². The van der Waals surface area contributed by atoms with Crippen LogP contribution in [-0.2, 0) is 20.1 Å². The number of carboxylic acids is 1. The van der Waals surface area contributed by atoms with Crippen molar-refractivity contribution in [1.82, 2.24) is 25.6 Å². The van der Waals surface area contributed by atoms with Gasteiger partial charge in [0.2, 0.25) is 5.91 Å². The number of carboxylic acid groups (broad SMARTS) is 1. The van der Waals surface area contributed by atoms with Crippen molar-refractivity contribution in [2.75, 3.05) is 11.5 Å². The number of thioether (sulfide) groups is 2. The first kappa shape index (κ1) is 21.4. The van der Waals surface area contributed by atoms with Crippen molar-refractivity contribution < 1.29 is 19.5 Å². The first-order valence-corrected chi connectivity index (χ1v) is 11.6. The van der Waals surface area contributed by atoms with Crippen LogP contribution in [0.2, 0.25) is 0 Å². The number of nitrogens with two attached hydrogens (primary N) is 1. The average Bonchev–Trinajstić information content (AvgIpc) is 3.30. The van der Waals surface area contributed by atoms with Gasteiger partial charge in [-0.05, 0) is 11.1 Å². The van der Waals surface area contributed by atoms with E-state index < -0.39 is 35.2 Å². The largest absolute Gasteiger partial charge is 0.477 e.